The van der Waals surface area contributed by atoms with E-state index in [0.717, 1.165) is 0 Å². The minimum atomic E-state index is -0.815. The molecule has 0 amide bonds. The highest BCUT2D eigenvalue weighted by Gasteiger charge is 2.24. The molecule has 1 aromatic heterocycles. The van der Waals surface area contributed by atoms with Gasteiger partial charge in [0.25, 0.3) is 0 Å². The van der Waals surface area contributed by atoms with Crippen LogP contribution in [0.3, 0.4) is 0 Å². The van der Waals surface area contributed by atoms with Crippen LogP contribution in [0.2, 0.25) is 0 Å². The van der Waals surface area contributed by atoms with Crippen molar-refractivity contribution in [3.63, 3.8) is 0 Å². The van der Waals surface area contributed by atoms with Gasteiger partial charge in [0.05, 0.1) is 13.0 Å². The van der Waals surface area contributed by atoms with Gasteiger partial charge in [-0.2, -0.15) is 4.98 Å². The molecule has 0 aliphatic rings. The SMILES string of the molecule is COc1ccnc(NCC(CC(C)(C)C)C(=O)O)n1. The van der Waals surface area contributed by atoms with E-state index in [1.54, 1.807) is 12.3 Å². The molecular weight excluding hydrogens is 246 g/mol. The lowest BCUT2D eigenvalue weighted by Crippen LogP contribution is -2.28. The van der Waals surface area contributed by atoms with Crippen LogP contribution in [0.5, 0.6) is 5.88 Å². The first-order valence-corrected chi connectivity index (χ1v) is 6.15. The maximum absolute atomic E-state index is 11.2. The fourth-order valence-electron chi connectivity index (χ4n) is 1.74. The number of hydrogen-bond acceptors (Lipinski definition) is 5. The number of nitrogens with one attached hydrogen (secondary N) is 1. The van der Waals surface area contributed by atoms with Gasteiger partial charge in [0.1, 0.15) is 0 Å². The quantitative estimate of drug-likeness (QED) is 0.820. The van der Waals surface area contributed by atoms with Gasteiger partial charge in [-0.1, -0.05) is 20.8 Å². The fraction of sp³-hybridized carbons (Fsp3) is 0.615. The van der Waals surface area contributed by atoms with Crippen molar-refractivity contribution in [1.29, 1.82) is 0 Å². The van der Waals surface area contributed by atoms with Crippen molar-refractivity contribution < 1.29 is 14.6 Å². The third-order valence-corrected chi connectivity index (χ3v) is 2.55. The molecular formula is C13H21N3O3. The Morgan fingerprint density at radius 2 is 2.21 bits per heavy atom. The number of anilines is 1. The second-order valence-corrected chi connectivity index (χ2v) is 5.60. The summed E-state index contributed by atoms with van der Waals surface area (Å²) in [5.74, 6) is -0.472. The first kappa shape index (κ1) is 15.2. The van der Waals surface area contributed by atoms with Gasteiger partial charge < -0.3 is 15.2 Å². The van der Waals surface area contributed by atoms with E-state index in [1.165, 1.54) is 7.11 Å². The number of rotatable bonds is 6. The first-order valence-electron chi connectivity index (χ1n) is 6.15. The van der Waals surface area contributed by atoms with Gasteiger partial charge in [-0.3, -0.25) is 4.79 Å². The molecule has 1 heterocycles. The number of carbonyl (C=O) groups is 1. The highest BCUT2D eigenvalue weighted by atomic mass is 16.5. The molecule has 0 fully saturated rings. The number of aromatic nitrogens is 2. The molecule has 1 rings (SSSR count). The molecule has 0 radical (unpaired) electrons. The van der Waals surface area contributed by atoms with Crippen LogP contribution in [0, 0.1) is 11.3 Å². The smallest absolute Gasteiger partial charge is 0.308 e. The Balaban J connectivity index is 2.63. The van der Waals surface area contributed by atoms with E-state index in [9.17, 15) is 9.90 Å². The average molecular weight is 267 g/mol. The summed E-state index contributed by atoms with van der Waals surface area (Å²) in [6, 6.07) is 1.63. The Morgan fingerprint density at radius 3 is 2.74 bits per heavy atom. The first-order chi connectivity index (χ1) is 8.81. The van der Waals surface area contributed by atoms with Crippen molar-refractivity contribution in [2.45, 2.75) is 27.2 Å². The molecule has 0 aliphatic heterocycles. The summed E-state index contributed by atoms with van der Waals surface area (Å²) in [7, 11) is 1.52. The van der Waals surface area contributed by atoms with Gasteiger partial charge in [-0.05, 0) is 11.8 Å². The summed E-state index contributed by atoms with van der Waals surface area (Å²) in [4.78, 5) is 19.3. The molecule has 0 bridgehead atoms. The van der Waals surface area contributed by atoms with Crippen LogP contribution >= 0.6 is 0 Å². The number of carboxylic acid groups (broad SMARTS) is 1. The minimum Gasteiger partial charge on any atom is -0.481 e. The number of nitrogens with zero attached hydrogens (tertiary/aromatic N) is 2. The molecule has 106 valence electrons. The number of methoxy groups -OCH3 is 1. The van der Waals surface area contributed by atoms with Crippen LogP contribution in [0.15, 0.2) is 12.3 Å². The molecule has 1 aromatic rings. The maximum Gasteiger partial charge on any atom is 0.308 e. The normalized spacial score (nSPS) is 12.8. The Hall–Kier alpha value is -1.85. The Bertz CT molecular complexity index is 429. The Labute approximate surface area is 113 Å². The van der Waals surface area contributed by atoms with Crippen molar-refractivity contribution in [1.82, 2.24) is 9.97 Å². The van der Waals surface area contributed by atoms with Gasteiger partial charge in [0.2, 0.25) is 11.8 Å². The molecule has 0 saturated heterocycles. The summed E-state index contributed by atoms with van der Waals surface area (Å²) in [5, 5.41) is 12.2. The zero-order valence-corrected chi connectivity index (χ0v) is 11.8. The van der Waals surface area contributed by atoms with Gasteiger partial charge in [0.15, 0.2) is 0 Å². The molecule has 6 nitrogen and oxygen atoms in total. The van der Waals surface area contributed by atoms with Crippen LogP contribution in [0.4, 0.5) is 5.95 Å². The third-order valence-electron chi connectivity index (χ3n) is 2.55. The molecule has 0 aromatic carbocycles. The standard InChI is InChI=1S/C13H21N3O3/c1-13(2,3)7-9(11(17)18)8-15-12-14-6-5-10(16-12)19-4/h5-6,9H,7-8H2,1-4H3,(H,17,18)(H,14,15,16). The van der Waals surface area contributed by atoms with Gasteiger partial charge >= 0.3 is 5.97 Å². The second kappa shape index (κ2) is 6.36. The third kappa shape index (κ3) is 5.54. The zero-order chi connectivity index (χ0) is 14.5. The van der Waals surface area contributed by atoms with Crippen LogP contribution in [0.1, 0.15) is 27.2 Å². The molecule has 0 spiro atoms. The van der Waals surface area contributed by atoms with E-state index in [0.29, 0.717) is 24.8 Å². The lowest BCUT2D eigenvalue weighted by molar-refractivity contribution is -0.142. The van der Waals surface area contributed by atoms with Crippen molar-refractivity contribution >= 4 is 11.9 Å². The van der Waals surface area contributed by atoms with Crippen molar-refractivity contribution in [3.8, 4) is 5.88 Å². The lowest BCUT2D eigenvalue weighted by Gasteiger charge is -2.23. The van der Waals surface area contributed by atoms with Gasteiger partial charge in [-0.25, -0.2) is 4.98 Å². The van der Waals surface area contributed by atoms with Crippen LogP contribution in [-0.4, -0.2) is 34.7 Å². The fourth-order valence-corrected chi connectivity index (χ4v) is 1.74. The summed E-state index contributed by atoms with van der Waals surface area (Å²) in [5.41, 5.74) is -0.0417. The molecule has 0 aliphatic carbocycles. The van der Waals surface area contributed by atoms with Crippen molar-refractivity contribution in [2.75, 3.05) is 19.0 Å². The van der Waals surface area contributed by atoms with Crippen LogP contribution in [0.25, 0.3) is 0 Å². The highest BCUT2D eigenvalue weighted by molar-refractivity contribution is 5.70. The maximum atomic E-state index is 11.2. The van der Waals surface area contributed by atoms with E-state index in [2.05, 4.69) is 15.3 Å². The molecule has 1 unspecified atom stereocenters. The molecule has 19 heavy (non-hydrogen) atoms. The second-order valence-electron chi connectivity index (χ2n) is 5.60. The largest absolute Gasteiger partial charge is 0.481 e. The monoisotopic (exact) mass is 267 g/mol. The molecule has 6 heteroatoms. The molecule has 1 atom stereocenters. The molecule has 2 N–H and O–H groups in total. The van der Waals surface area contributed by atoms with Gasteiger partial charge in [0, 0.05) is 18.8 Å². The molecule has 0 saturated carbocycles. The summed E-state index contributed by atoms with van der Waals surface area (Å²) in [6.07, 6.45) is 2.15. The summed E-state index contributed by atoms with van der Waals surface area (Å²) in [6.45, 7) is 6.35. The Kier molecular flexibility index (Phi) is 5.09. The number of hydrogen-bond donors (Lipinski definition) is 2. The van der Waals surface area contributed by atoms with E-state index in [1.807, 2.05) is 20.8 Å². The average Bonchev–Trinajstić information content (AvgIpc) is 2.33. The van der Waals surface area contributed by atoms with Gasteiger partial charge in [-0.15, -0.1) is 0 Å². The van der Waals surface area contributed by atoms with E-state index in [-0.39, 0.29) is 5.41 Å². The summed E-state index contributed by atoms with van der Waals surface area (Å²) >= 11 is 0. The topological polar surface area (TPSA) is 84.3 Å². The van der Waals surface area contributed by atoms with Crippen molar-refractivity contribution in [3.05, 3.63) is 12.3 Å². The van der Waals surface area contributed by atoms with Crippen LogP contribution in [-0.2, 0) is 4.79 Å². The minimum absolute atomic E-state index is 0.0417. The number of carboxylic acids is 1. The zero-order valence-electron chi connectivity index (χ0n) is 11.8. The predicted octanol–water partition coefficient (Wildman–Crippen LogP) is 2.03. The Morgan fingerprint density at radius 1 is 1.53 bits per heavy atom. The van der Waals surface area contributed by atoms with Crippen LogP contribution < -0.4 is 10.1 Å². The van der Waals surface area contributed by atoms with E-state index in [4.69, 9.17) is 4.74 Å². The van der Waals surface area contributed by atoms with E-state index < -0.39 is 11.9 Å². The summed E-state index contributed by atoms with van der Waals surface area (Å²) < 4.78 is 4.98. The van der Waals surface area contributed by atoms with Crippen molar-refractivity contribution in [2.24, 2.45) is 11.3 Å². The highest BCUT2D eigenvalue weighted by Crippen LogP contribution is 2.24. The number of aliphatic carboxylic acids is 1. The number of ether oxygens (including phenoxy) is 1. The predicted molar refractivity (Wildman–Crippen MR) is 72.3 cm³/mol. The lowest BCUT2D eigenvalue weighted by atomic mass is 9.84. The van der Waals surface area contributed by atoms with E-state index >= 15 is 0 Å².